The molecule has 0 amide bonds. The second kappa shape index (κ2) is 4.33. The number of hydrogen-bond donors (Lipinski definition) is 1. The number of aldehydes is 1. The van der Waals surface area contributed by atoms with Crippen LogP contribution in [0.1, 0.15) is 22.3 Å². The van der Waals surface area contributed by atoms with Crippen LogP contribution in [0.5, 0.6) is 5.75 Å². The third kappa shape index (κ3) is 3.61. The molecule has 82 valence electrons. The van der Waals surface area contributed by atoms with E-state index in [-0.39, 0.29) is 23.3 Å². The average Bonchev–Trinajstić information content (AvgIpc) is 2.15. The highest BCUT2D eigenvalue weighted by Gasteiger charge is 2.26. The molecule has 0 aliphatic rings. The first-order valence-electron chi connectivity index (χ1n) is 4.26. The maximum absolute atomic E-state index is 11.9. The van der Waals surface area contributed by atoms with Gasteiger partial charge in [-0.25, -0.2) is 0 Å². The van der Waals surface area contributed by atoms with Crippen molar-refractivity contribution in [1.29, 1.82) is 0 Å². The first-order valence-corrected chi connectivity index (χ1v) is 4.26. The molecule has 1 aromatic rings. The Kier molecular flexibility index (Phi) is 3.34. The minimum atomic E-state index is -4.26. The fraction of sp³-hybridized carbons (Fsp3) is 0.300. The molecule has 0 aliphatic carbocycles. The number of phenolic OH excluding ortho intramolecular Hbond substituents is 1. The normalized spacial score (nSPS) is 11.4. The number of carbonyl (C=O) groups is 1. The van der Waals surface area contributed by atoms with Crippen molar-refractivity contribution in [2.24, 2.45) is 0 Å². The Morgan fingerprint density at radius 1 is 1.33 bits per heavy atom. The minimum absolute atomic E-state index is 0.136. The van der Waals surface area contributed by atoms with Crippen molar-refractivity contribution in [2.45, 2.75) is 19.0 Å². The maximum Gasteiger partial charge on any atom is 0.389 e. The molecule has 0 radical (unpaired) electrons. The number of benzene rings is 1. The Bertz CT molecular complexity index is 358. The first-order chi connectivity index (χ1) is 6.92. The fourth-order valence-electron chi connectivity index (χ4n) is 1.16. The van der Waals surface area contributed by atoms with Crippen LogP contribution in [0, 0.1) is 0 Å². The second-order valence-corrected chi connectivity index (χ2v) is 3.12. The Morgan fingerprint density at radius 3 is 2.53 bits per heavy atom. The van der Waals surface area contributed by atoms with Gasteiger partial charge in [0.25, 0.3) is 0 Å². The van der Waals surface area contributed by atoms with Gasteiger partial charge < -0.3 is 5.11 Å². The predicted octanol–water partition coefficient (Wildman–Crippen LogP) is 2.70. The summed E-state index contributed by atoms with van der Waals surface area (Å²) in [5.41, 5.74) is 0.391. The molecule has 0 bridgehead atoms. The number of hydrogen-bond acceptors (Lipinski definition) is 2. The van der Waals surface area contributed by atoms with Crippen LogP contribution in [0.2, 0.25) is 0 Å². The smallest absolute Gasteiger partial charge is 0.389 e. The molecule has 0 heterocycles. The van der Waals surface area contributed by atoms with Crippen LogP contribution >= 0.6 is 0 Å². The van der Waals surface area contributed by atoms with Crippen molar-refractivity contribution < 1.29 is 23.1 Å². The summed E-state index contributed by atoms with van der Waals surface area (Å²) < 4.78 is 35.7. The van der Waals surface area contributed by atoms with Gasteiger partial charge in [0.1, 0.15) is 12.0 Å². The van der Waals surface area contributed by atoms with Gasteiger partial charge in [-0.3, -0.25) is 4.79 Å². The second-order valence-electron chi connectivity index (χ2n) is 3.12. The van der Waals surface area contributed by atoms with E-state index in [2.05, 4.69) is 0 Å². The van der Waals surface area contributed by atoms with Crippen LogP contribution in [0.3, 0.4) is 0 Å². The summed E-state index contributed by atoms with van der Waals surface area (Å²) in [5.74, 6) is -0.218. The zero-order valence-electron chi connectivity index (χ0n) is 7.71. The lowest BCUT2D eigenvalue weighted by molar-refractivity contribution is -0.134. The van der Waals surface area contributed by atoms with Crippen molar-refractivity contribution in [3.63, 3.8) is 0 Å². The summed E-state index contributed by atoms with van der Waals surface area (Å²) in [5, 5.41) is 9.24. The SMILES string of the molecule is O=Cc1ccc(O)c(CCC(F)(F)F)c1. The number of rotatable bonds is 3. The standard InChI is InChI=1S/C10H9F3O2/c11-10(12,13)4-3-8-5-7(6-14)1-2-9(8)15/h1-2,5-6,15H,3-4H2. The van der Waals surface area contributed by atoms with Crippen LogP contribution in [-0.4, -0.2) is 17.6 Å². The van der Waals surface area contributed by atoms with E-state index in [0.29, 0.717) is 6.29 Å². The van der Waals surface area contributed by atoms with Gasteiger partial charge in [0.15, 0.2) is 0 Å². The van der Waals surface area contributed by atoms with Crippen LogP contribution < -0.4 is 0 Å². The first kappa shape index (κ1) is 11.6. The molecular weight excluding hydrogens is 209 g/mol. The molecule has 0 saturated carbocycles. The molecule has 1 N–H and O–H groups in total. The van der Waals surface area contributed by atoms with Gasteiger partial charge in [0.2, 0.25) is 0 Å². The summed E-state index contributed by atoms with van der Waals surface area (Å²) in [6, 6.07) is 3.82. The predicted molar refractivity (Wildman–Crippen MR) is 47.9 cm³/mol. The molecule has 1 rings (SSSR count). The van der Waals surface area contributed by atoms with Crippen LogP contribution in [-0.2, 0) is 6.42 Å². The number of alkyl halides is 3. The summed E-state index contributed by atoms with van der Waals surface area (Å²) in [4.78, 5) is 10.4. The summed E-state index contributed by atoms with van der Waals surface area (Å²) in [7, 11) is 0. The molecule has 0 aromatic heterocycles. The molecule has 0 fully saturated rings. The molecule has 0 aliphatic heterocycles. The van der Waals surface area contributed by atoms with Crippen LogP contribution in [0.15, 0.2) is 18.2 Å². The van der Waals surface area contributed by atoms with Crippen molar-refractivity contribution in [1.82, 2.24) is 0 Å². The molecule has 0 saturated heterocycles. The highest BCUT2D eigenvalue weighted by molar-refractivity contribution is 5.75. The number of halogens is 3. The number of phenols is 1. The summed E-state index contributed by atoms with van der Waals surface area (Å²) >= 11 is 0. The lowest BCUT2D eigenvalue weighted by atomic mass is 10.1. The van der Waals surface area contributed by atoms with E-state index < -0.39 is 12.6 Å². The highest BCUT2D eigenvalue weighted by atomic mass is 19.4. The van der Waals surface area contributed by atoms with Crippen molar-refractivity contribution >= 4 is 6.29 Å². The fourth-order valence-corrected chi connectivity index (χ4v) is 1.16. The molecule has 0 unspecified atom stereocenters. The van der Waals surface area contributed by atoms with E-state index >= 15 is 0 Å². The van der Waals surface area contributed by atoms with Gasteiger partial charge in [-0.15, -0.1) is 0 Å². The summed E-state index contributed by atoms with van der Waals surface area (Å²) in [6.07, 6.45) is -5.07. The maximum atomic E-state index is 11.9. The van der Waals surface area contributed by atoms with E-state index in [1.54, 1.807) is 0 Å². The molecule has 1 aromatic carbocycles. The van der Waals surface area contributed by atoms with Gasteiger partial charge in [0.05, 0.1) is 0 Å². The minimum Gasteiger partial charge on any atom is -0.508 e. The topological polar surface area (TPSA) is 37.3 Å². The largest absolute Gasteiger partial charge is 0.508 e. The molecular formula is C10H9F3O2. The van der Waals surface area contributed by atoms with Gasteiger partial charge in [-0.2, -0.15) is 13.2 Å². The molecule has 5 heteroatoms. The third-order valence-electron chi connectivity index (χ3n) is 1.92. The monoisotopic (exact) mass is 218 g/mol. The van der Waals surface area contributed by atoms with Gasteiger partial charge in [0, 0.05) is 12.0 Å². The Hall–Kier alpha value is -1.52. The Labute approximate surface area is 84.3 Å². The quantitative estimate of drug-likeness (QED) is 0.792. The van der Waals surface area contributed by atoms with Crippen molar-refractivity contribution in [3.8, 4) is 5.75 Å². The number of carbonyl (C=O) groups excluding carboxylic acids is 1. The molecule has 2 nitrogen and oxygen atoms in total. The average molecular weight is 218 g/mol. The lowest BCUT2D eigenvalue weighted by Gasteiger charge is -2.07. The van der Waals surface area contributed by atoms with E-state index in [0.717, 1.165) is 0 Å². The van der Waals surface area contributed by atoms with E-state index in [4.69, 9.17) is 0 Å². The van der Waals surface area contributed by atoms with E-state index in [1.807, 2.05) is 0 Å². The Morgan fingerprint density at radius 2 is 2.00 bits per heavy atom. The number of aromatic hydroxyl groups is 1. The van der Waals surface area contributed by atoms with Gasteiger partial charge >= 0.3 is 6.18 Å². The van der Waals surface area contributed by atoms with Gasteiger partial charge in [-0.05, 0) is 30.2 Å². The zero-order valence-corrected chi connectivity index (χ0v) is 7.71. The van der Waals surface area contributed by atoms with Crippen LogP contribution in [0.4, 0.5) is 13.2 Å². The number of aryl methyl sites for hydroxylation is 1. The zero-order chi connectivity index (χ0) is 11.5. The third-order valence-corrected chi connectivity index (χ3v) is 1.92. The lowest BCUT2D eigenvalue weighted by Crippen LogP contribution is -2.08. The Balaban J connectivity index is 2.80. The van der Waals surface area contributed by atoms with E-state index in [9.17, 15) is 23.1 Å². The molecule has 0 atom stereocenters. The molecule has 0 spiro atoms. The van der Waals surface area contributed by atoms with E-state index in [1.165, 1.54) is 18.2 Å². The van der Waals surface area contributed by atoms with Crippen LogP contribution in [0.25, 0.3) is 0 Å². The highest BCUT2D eigenvalue weighted by Crippen LogP contribution is 2.26. The van der Waals surface area contributed by atoms with Crippen molar-refractivity contribution in [3.05, 3.63) is 29.3 Å². The summed E-state index contributed by atoms with van der Waals surface area (Å²) in [6.45, 7) is 0. The van der Waals surface area contributed by atoms with Gasteiger partial charge in [-0.1, -0.05) is 0 Å². The van der Waals surface area contributed by atoms with Crippen molar-refractivity contribution in [2.75, 3.05) is 0 Å². The molecule has 15 heavy (non-hydrogen) atoms.